The maximum absolute atomic E-state index is 12.5. The maximum Gasteiger partial charge on any atom is 0.334 e. The molecule has 0 aromatic carbocycles. The molecule has 0 aromatic heterocycles. The van der Waals surface area contributed by atoms with Gasteiger partial charge in [-0.05, 0) is 41.1 Å². The smallest absolute Gasteiger partial charge is 0.334 e. The van der Waals surface area contributed by atoms with Crippen LogP contribution in [-0.2, 0) is 4.79 Å². The molecule has 0 radical (unpaired) electrons. The zero-order chi connectivity index (χ0) is 24.7. The van der Waals surface area contributed by atoms with Crippen molar-refractivity contribution in [1.29, 1.82) is 5.26 Å². The first-order valence-electron chi connectivity index (χ1n) is 11.3. The topological polar surface area (TPSA) is 73.1 Å². The van der Waals surface area contributed by atoms with Crippen molar-refractivity contribution in [1.82, 2.24) is 5.32 Å². The third kappa shape index (κ3) is 5.87. The zero-order valence-electron chi connectivity index (χ0n) is 21.1. The van der Waals surface area contributed by atoms with Gasteiger partial charge in [0, 0.05) is 11.4 Å². The maximum atomic E-state index is 12.5. The van der Waals surface area contributed by atoms with Gasteiger partial charge in [0.2, 0.25) is 0 Å². The lowest BCUT2D eigenvalue weighted by atomic mass is 9.71. The minimum atomic E-state index is -0.989. The van der Waals surface area contributed by atoms with Crippen LogP contribution in [0.5, 0.6) is 0 Å². The van der Waals surface area contributed by atoms with Crippen molar-refractivity contribution in [3.63, 3.8) is 0 Å². The van der Waals surface area contributed by atoms with E-state index in [0.29, 0.717) is 30.5 Å². The summed E-state index contributed by atoms with van der Waals surface area (Å²) in [4.78, 5) is 12.0. The number of nitrogens with one attached hydrogen (secondary N) is 1. The molecular weight excluding hydrogens is 420 g/mol. The first kappa shape index (κ1) is 26.3. The number of carbonyl (C=O) groups is 1. The van der Waals surface area contributed by atoms with Crippen molar-refractivity contribution >= 4 is 17.6 Å². The van der Waals surface area contributed by atoms with E-state index < -0.39 is 16.8 Å². The number of nitriles is 1. The number of carboxylic acid groups (broad SMARTS) is 1. The van der Waals surface area contributed by atoms with Gasteiger partial charge in [0.15, 0.2) is 0 Å². The Morgan fingerprint density at radius 2 is 1.66 bits per heavy atom. The number of nitrogens with zero attached hydrogens (tertiary/aromatic N) is 1. The third-order valence-electron chi connectivity index (χ3n) is 6.05. The summed E-state index contributed by atoms with van der Waals surface area (Å²) in [7, 11) is 0. The van der Waals surface area contributed by atoms with Crippen LogP contribution in [0.3, 0.4) is 0 Å². The Labute approximate surface area is 199 Å². The summed E-state index contributed by atoms with van der Waals surface area (Å²) >= 11 is 6.91. The van der Waals surface area contributed by atoms with Crippen LogP contribution >= 0.6 is 11.6 Å². The molecular formula is C27H39ClN2O2. The normalized spacial score (nSPS) is 24.8. The summed E-state index contributed by atoms with van der Waals surface area (Å²) in [6.07, 6.45) is 7.76. The molecule has 0 bridgehead atoms. The number of halogens is 1. The number of hydrogen-bond donors (Lipinski definition) is 2. The highest BCUT2D eigenvalue weighted by Gasteiger charge is 2.42. The predicted molar refractivity (Wildman–Crippen MR) is 132 cm³/mol. The fourth-order valence-corrected chi connectivity index (χ4v) is 4.41. The van der Waals surface area contributed by atoms with Crippen LogP contribution in [0.4, 0.5) is 0 Å². The van der Waals surface area contributed by atoms with Gasteiger partial charge in [-0.25, -0.2) is 4.79 Å². The van der Waals surface area contributed by atoms with E-state index in [9.17, 15) is 15.2 Å². The molecule has 1 aliphatic carbocycles. The third-order valence-corrected chi connectivity index (χ3v) is 6.90. The van der Waals surface area contributed by atoms with E-state index in [-0.39, 0.29) is 21.8 Å². The molecule has 32 heavy (non-hydrogen) atoms. The highest BCUT2D eigenvalue weighted by atomic mass is 35.5. The van der Waals surface area contributed by atoms with Crippen molar-refractivity contribution in [2.75, 3.05) is 0 Å². The second-order valence-electron chi connectivity index (χ2n) is 12.6. The van der Waals surface area contributed by atoms with Gasteiger partial charge >= 0.3 is 5.97 Å². The lowest BCUT2D eigenvalue weighted by Gasteiger charge is -2.40. The average Bonchev–Trinajstić information content (AvgIpc) is 2.58. The Kier molecular flexibility index (Phi) is 7.18. The Morgan fingerprint density at radius 3 is 2.03 bits per heavy atom. The SMILES string of the molecule is CC(C)(C)CC1=C(C#N)C(C2=CCC(Cl)(C(C)(C)C)C=C2)C(C(=O)O)=C(CC(C)(C)C)N1. The van der Waals surface area contributed by atoms with Crippen molar-refractivity contribution in [3.8, 4) is 6.07 Å². The molecule has 1 heterocycles. The van der Waals surface area contributed by atoms with E-state index in [0.717, 1.165) is 11.3 Å². The number of hydrogen-bond acceptors (Lipinski definition) is 3. The molecule has 176 valence electrons. The molecule has 2 atom stereocenters. The quantitative estimate of drug-likeness (QED) is 0.440. The molecule has 2 rings (SSSR count). The van der Waals surface area contributed by atoms with Gasteiger partial charge in [-0.2, -0.15) is 5.26 Å². The molecule has 1 aliphatic heterocycles. The van der Waals surface area contributed by atoms with Gasteiger partial charge in [0.1, 0.15) is 0 Å². The highest BCUT2D eigenvalue weighted by Crippen LogP contribution is 2.47. The Morgan fingerprint density at radius 1 is 1.12 bits per heavy atom. The molecule has 0 saturated heterocycles. The van der Waals surface area contributed by atoms with Gasteiger partial charge < -0.3 is 10.4 Å². The van der Waals surface area contributed by atoms with Crippen LogP contribution in [0.15, 0.2) is 46.3 Å². The van der Waals surface area contributed by atoms with Crippen LogP contribution < -0.4 is 5.32 Å². The first-order chi connectivity index (χ1) is 14.4. The highest BCUT2D eigenvalue weighted by molar-refractivity contribution is 6.26. The van der Waals surface area contributed by atoms with Crippen molar-refractivity contribution in [2.45, 2.75) is 86.5 Å². The number of dihydropyridines is 1. The lowest BCUT2D eigenvalue weighted by Crippen LogP contribution is -2.38. The standard InChI is InChI=1S/C27H39ClN2O2/c1-24(2,3)14-19-18(16-29)21(17-10-12-27(28,13-11-17)26(7,8)9)22(23(31)32)20(30-19)15-25(4,5)6/h10-12,21,30H,13-15H2,1-9H3,(H,31,32). The molecule has 0 fully saturated rings. The number of rotatable bonds is 4. The minimum Gasteiger partial charge on any atom is -0.478 e. The van der Waals surface area contributed by atoms with Gasteiger partial charge in [-0.3, -0.25) is 0 Å². The van der Waals surface area contributed by atoms with Crippen LogP contribution in [0.25, 0.3) is 0 Å². The average molecular weight is 459 g/mol. The first-order valence-corrected chi connectivity index (χ1v) is 11.7. The molecule has 4 nitrogen and oxygen atoms in total. The van der Waals surface area contributed by atoms with Crippen molar-refractivity contribution in [3.05, 3.63) is 46.3 Å². The summed E-state index contributed by atoms with van der Waals surface area (Å²) in [5, 5.41) is 23.8. The summed E-state index contributed by atoms with van der Waals surface area (Å²) in [6, 6.07) is 2.36. The van der Waals surface area contributed by atoms with Crippen molar-refractivity contribution < 1.29 is 9.90 Å². The fourth-order valence-electron chi connectivity index (χ4n) is 4.27. The largest absolute Gasteiger partial charge is 0.478 e. The second-order valence-corrected chi connectivity index (χ2v) is 13.3. The van der Waals surface area contributed by atoms with Crippen LogP contribution in [-0.4, -0.2) is 16.0 Å². The molecule has 5 heteroatoms. The van der Waals surface area contributed by atoms with Crippen LogP contribution in [0, 0.1) is 33.5 Å². The lowest BCUT2D eigenvalue weighted by molar-refractivity contribution is -0.133. The van der Waals surface area contributed by atoms with E-state index in [4.69, 9.17) is 11.6 Å². The fraction of sp³-hybridized carbons (Fsp3) is 0.630. The van der Waals surface area contributed by atoms with Gasteiger partial charge in [0.25, 0.3) is 0 Å². The summed E-state index contributed by atoms with van der Waals surface area (Å²) in [5.41, 5.74) is 2.78. The molecule has 2 aliphatic rings. The van der Waals surface area contributed by atoms with Crippen molar-refractivity contribution in [2.24, 2.45) is 22.2 Å². The molecule has 0 aromatic rings. The Balaban J connectivity index is 2.69. The summed E-state index contributed by atoms with van der Waals surface area (Å²) in [6.45, 7) is 18.9. The number of aliphatic carboxylic acids is 1. The minimum absolute atomic E-state index is 0.0587. The molecule has 0 amide bonds. The Hall–Kier alpha value is -1.99. The molecule has 0 spiro atoms. The molecule has 2 unspecified atom stereocenters. The Bertz CT molecular complexity index is 940. The van der Waals surface area contributed by atoms with Gasteiger partial charge in [-0.15, -0.1) is 11.6 Å². The molecule has 2 N–H and O–H groups in total. The van der Waals surface area contributed by atoms with E-state index in [1.165, 1.54) is 0 Å². The van der Waals surface area contributed by atoms with Gasteiger partial charge in [-0.1, -0.05) is 80.5 Å². The van der Waals surface area contributed by atoms with Gasteiger partial charge in [0.05, 0.1) is 28.0 Å². The predicted octanol–water partition coefficient (Wildman–Crippen LogP) is 7.10. The van der Waals surface area contributed by atoms with Crippen LogP contribution in [0.2, 0.25) is 0 Å². The number of alkyl halides is 1. The summed E-state index contributed by atoms with van der Waals surface area (Å²) < 4.78 is 0. The number of carboxylic acids is 1. The zero-order valence-corrected chi connectivity index (χ0v) is 21.9. The van der Waals surface area contributed by atoms with E-state index in [1.807, 2.05) is 18.2 Å². The van der Waals surface area contributed by atoms with Crippen LogP contribution in [0.1, 0.15) is 81.6 Å². The van der Waals surface area contributed by atoms with E-state index in [2.05, 4.69) is 73.7 Å². The monoisotopic (exact) mass is 458 g/mol. The van der Waals surface area contributed by atoms with E-state index in [1.54, 1.807) is 0 Å². The molecule has 0 saturated carbocycles. The van der Waals surface area contributed by atoms with E-state index >= 15 is 0 Å². The summed E-state index contributed by atoms with van der Waals surface area (Å²) in [5.74, 6) is -1.59. The number of allylic oxidation sites excluding steroid dienone is 7. The second kappa shape index (κ2) is 8.75.